The number of fused-ring (bicyclic) bond motifs is 1. The van der Waals surface area contributed by atoms with E-state index in [1.165, 1.54) is 7.11 Å². The zero-order chi connectivity index (χ0) is 11.0. The van der Waals surface area contributed by atoms with Gasteiger partial charge in [0.15, 0.2) is 11.6 Å². The molecule has 15 heavy (non-hydrogen) atoms. The number of nitrogens with zero attached hydrogens (tertiary/aromatic N) is 2. The second-order valence-electron chi connectivity index (χ2n) is 2.97. The van der Waals surface area contributed by atoms with E-state index < -0.39 is 0 Å². The molecule has 1 heterocycles. The Morgan fingerprint density at radius 1 is 1.13 bits per heavy atom. The molecule has 0 fully saturated rings. The van der Waals surface area contributed by atoms with Crippen molar-refractivity contribution >= 4 is 34.3 Å². The van der Waals surface area contributed by atoms with Crippen molar-refractivity contribution in [1.82, 2.24) is 9.97 Å². The number of benzene rings is 1. The molecular formula is C9H9ClN4O. The van der Waals surface area contributed by atoms with Crippen molar-refractivity contribution in [2.24, 2.45) is 0 Å². The van der Waals surface area contributed by atoms with Gasteiger partial charge in [0, 0.05) is 6.07 Å². The molecule has 0 aliphatic carbocycles. The number of nitrogen functional groups attached to an aromatic ring is 2. The number of hydrogen-bond acceptors (Lipinski definition) is 5. The second-order valence-corrected chi connectivity index (χ2v) is 3.38. The lowest BCUT2D eigenvalue weighted by molar-refractivity contribution is 0.415. The highest BCUT2D eigenvalue weighted by Crippen LogP contribution is 2.29. The normalized spacial score (nSPS) is 10.5. The van der Waals surface area contributed by atoms with Gasteiger partial charge in [-0.2, -0.15) is 0 Å². The van der Waals surface area contributed by atoms with Crippen molar-refractivity contribution in [2.45, 2.75) is 0 Å². The summed E-state index contributed by atoms with van der Waals surface area (Å²) in [7, 11) is 1.53. The molecule has 0 atom stereocenters. The third-order valence-electron chi connectivity index (χ3n) is 1.99. The van der Waals surface area contributed by atoms with Gasteiger partial charge < -0.3 is 16.2 Å². The summed E-state index contributed by atoms with van der Waals surface area (Å²) in [4.78, 5) is 8.14. The van der Waals surface area contributed by atoms with E-state index in [-0.39, 0.29) is 11.6 Å². The maximum Gasteiger partial charge on any atom is 0.166 e. The number of rotatable bonds is 1. The Bertz CT molecular complexity index is 529. The predicted octanol–water partition coefficient (Wildman–Crippen LogP) is 1.46. The smallest absolute Gasteiger partial charge is 0.166 e. The van der Waals surface area contributed by atoms with Gasteiger partial charge >= 0.3 is 0 Å². The Kier molecular flexibility index (Phi) is 2.24. The lowest BCUT2D eigenvalue weighted by atomic mass is 10.3. The lowest BCUT2D eigenvalue weighted by Crippen LogP contribution is -2.01. The summed E-state index contributed by atoms with van der Waals surface area (Å²) >= 11 is 5.93. The van der Waals surface area contributed by atoms with Crippen LogP contribution >= 0.6 is 11.6 Å². The summed E-state index contributed by atoms with van der Waals surface area (Å²) < 4.78 is 5.05. The quantitative estimate of drug-likeness (QED) is 0.766. The van der Waals surface area contributed by atoms with Gasteiger partial charge in [-0.25, -0.2) is 9.97 Å². The van der Waals surface area contributed by atoms with Crippen LogP contribution in [-0.4, -0.2) is 17.1 Å². The number of aromatic nitrogens is 2. The van der Waals surface area contributed by atoms with Crippen LogP contribution in [0.5, 0.6) is 5.75 Å². The number of hydrogen-bond donors (Lipinski definition) is 2. The molecule has 0 amide bonds. The maximum absolute atomic E-state index is 5.93. The number of halogens is 1. The van der Waals surface area contributed by atoms with Crippen LogP contribution in [0.3, 0.4) is 0 Å². The molecule has 0 saturated heterocycles. The molecule has 0 aliphatic rings. The van der Waals surface area contributed by atoms with Crippen LogP contribution in [0.15, 0.2) is 12.1 Å². The van der Waals surface area contributed by atoms with Crippen LogP contribution in [0, 0.1) is 0 Å². The molecule has 0 spiro atoms. The minimum Gasteiger partial charge on any atom is -0.495 e. The summed E-state index contributed by atoms with van der Waals surface area (Å²) in [5.41, 5.74) is 12.3. The van der Waals surface area contributed by atoms with E-state index in [0.717, 1.165) is 0 Å². The number of nitrogens with two attached hydrogens (primary N) is 2. The SMILES string of the molecule is COc1cc2nc(N)c(N)nc2cc1Cl. The number of ether oxygens (including phenoxy) is 1. The van der Waals surface area contributed by atoms with Crippen LogP contribution in [0.4, 0.5) is 11.6 Å². The summed E-state index contributed by atoms with van der Waals surface area (Å²) in [6.45, 7) is 0. The Morgan fingerprint density at radius 3 is 2.20 bits per heavy atom. The van der Waals surface area contributed by atoms with Gasteiger partial charge in [-0.3, -0.25) is 0 Å². The molecule has 4 N–H and O–H groups in total. The number of methoxy groups -OCH3 is 1. The highest BCUT2D eigenvalue weighted by atomic mass is 35.5. The second kappa shape index (κ2) is 3.43. The van der Waals surface area contributed by atoms with Gasteiger partial charge in [0.1, 0.15) is 5.75 Å². The van der Waals surface area contributed by atoms with Crippen LogP contribution in [0.25, 0.3) is 11.0 Å². The first-order valence-electron chi connectivity index (χ1n) is 4.18. The summed E-state index contributed by atoms with van der Waals surface area (Å²) in [5, 5.41) is 0.462. The van der Waals surface area contributed by atoms with E-state index in [1.807, 2.05) is 0 Å². The van der Waals surface area contributed by atoms with Crippen molar-refractivity contribution in [2.75, 3.05) is 18.6 Å². The summed E-state index contributed by atoms with van der Waals surface area (Å²) in [6, 6.07) is 3.30. The van der Waals surface area contributed by atoms with Crippen molar-refractivity contribution in [3.05, 3.63) is 17.2 Å². The van der Waals surface area contributed by atoms with E-state index in [2.05, 4.69) is 9.97 Å². The molecule has 0 radical (unpaired) electrons. The predicted molar refractivity (Wildman–Crippen MR) is 59.9 cm³/mol. The molecule has 1 aromatic carbocycles. The van der Waals surface area contributed by atoms with Crippen molar-refractivity contribution in [3.63, 3.8) is 0 Å². The Hall–Kier alpha value is -1.75. The van der Waals surface area contributed by atoms with E-state index in [0.29, 0.717) is 21.8 Å². The zero-order valence-electron chi connectivity index (χ0n) is 7.99. The molecule has 78 valence electrons. The third kappa shape index (κ3) is 1.61. The maximum atomic E-state index is 5.93. The molecule has 0 saturated carbocycles. The Labute approximate surface area is 91.0 Å². The minimum absolute atomic E-state index is 0.198. The van der Waals surface area contributed by atoms with Crippen LogP contribution in [-0.2, 0) is 0 Å². The molecule has 0 aliphatic heterocycles. The fourth-order valence-corrected chi connectivity index (χ4v) is 1.48. The first-order chi connectivity index (χ1) is 7.11. The van der Waals surface area contributed by atoms with Crippen LogP contribution < -0.4 is 16.2 Å². The molecule has 2 rings (SSSR count). The third-order valence-corrected chi connectivity index (χ3v) is 2.29. The minimum atomic E-state index is 0.198. The highest BCUT2D eigenvalue weighted by molar-refractivity contribution is 6.32. The lowest BCUT2D eigenvalue weighted by Gasteiger charge is -2.06. The topological polar surface area (TPSA) is 87.0 Å². The average Bonchev–Trinajstić information content (AvgIpc) is 2.20. The standard InChI is InChI=1S/C9H9ClN4O/c1-15-7-3-6-5(2-4(7)10)13-8(11)9(12)14-6/h2-3H,1H3,(H2,11,13)(H2,12,14). The van der Waals surface area contributed by atoms with Gasteiger partial charge in [0.2, 0.25) is 0 Å². The summed E-state index contributed by atoms with van der Waals surface area (Å²) in [5.74, 6) is 0.929. The fourth-order valence-electron chi connectivity index (χ4n) is 1.24. The van der Waals surface area contributed by atoms with Gasteiger partial charge in [0.05, 0.1) is 23.2 Å². The molecule has 5 nitrogen and oxygen atoms in total. The van der Waals surface area contributed by atoms with Gasteiger partial charge in [-0.15, -0.1) is 0 Å². The fraction of sp³-hybridized carbons (Fsp3) is 0.111. The van der Waals surface area contributed by atoms with Gasteiger partial charge in [-0.05, 0) is 6.07 Å². The van der Waals surface area contributed by atoms with Crippen molar-refractivity contribution in [3.8, 4) is 5.75 Å². The van der Waals surface area contributed by atoms with E-state index in [4.69, 9.17) is 27.8 Å². The molecule has 0 bridgehead atoms. The first-order valence-corrected chi connectivity index (χ1v) is 4.56. The van der Waals surface area contributed by atoms with Crippen LogP contribution in [0.1, 0.15) is 0 Å². The monoisotopic (exact) mass is 224 g/mol. The Morgan fingerprint density at radius 2 is 1.67 bits per heavy atom. The molecule has 0 unspecified atom stereocenters. The zero-order valence-corrected chi connectivity index (χ0v) is 8.75. The first kappa shape index (κ1) is 9.79. The van der Waals surface area contributed by atoms with Crippen LogP contribution in [0.2, 0.25) is 5.02 Å². The van der Waals surface area contributed by atoms with E-state index >= 15 is 0 Å². The average molecular weight is 225 g/mol. The van der Waals surface area contributed by atoms with Gasteiger partial charge in [-0.1, -0.05) is 11.6 Å². The van der Waals surface area contributed by atoms with Crippen molar-refractivity contribution in [1.29, 1.82) is 0 Å². The van der Waals surface area contributed by atoms with Gasteiger partial charge in [0.25, 0.3) is 0 Å². The van der Waals surface area contributed by atoms with E-state index in [9.17, 15) is 0 Å². The van der Waals surface area contributed by atoms with E-state index in [1.54, 1.807) is 12.1 Å². The molecule has 6 heteroatoms. The molecule has 2 aromatic rings. The summed E-state index contributed by atoms with van der Waals surface area (Å²) in [6.07, 6.45) is 0. The Balaban J connectivity index is 2.76. The molecule has 1 aromatic heterocycles. The largest absolute Gasteiger partial charge is 0.495 e. The number of anilines is 2. The highest BCUT2D eigenvalue weighted by Gasteiger charge is 2.07. The molecular weight excluding hydrogens is 216 g/mol. The van der Waals surface area contributed by atoms with Crippen molar-refractivity contribution < 1.29 is 4.74 Å².